The number of methoxy groups -OCH3 is 2. The minimum Gasteiger partial charge on any atom is -0.497 e. The number of amides is 2. The second-order valence-electron chi connectivity index (χ2n) is 7.83. The molecule has 4 aromatic carbocycles. The number of nitrogens with one attached hydrogen (secondary N) is 2. The topological polar surface area (TPSA) is 76.7 Å². The Morgan fingerprint density at radius 1 is 0.667 bits per heavy atom. The van der Waals surface area contributed by atoms with Gasteiger partial charge in [-0.2, -0.15) is 0 Å². The van der Waals surface area contributed by atoms with Gasteiger partial charge in [0, 0.05) is 21.8 Å². The molecule has 1 unspecified atom stereocenters. The van der Waals surface area contributed by atoms with E-state index in [4.69, 9.17) is 9.47 Å². The summed E-state index contributed by atoms with van der Waals surface area (Å²) in [7, 11) is 3.19. The van der Waals surface area contributed by atoms with Gasteiger partial charge in [0.15, 0.2) is 0 Å². The zero-order valence-electron chi connectivity index (χ0n) is 19.9. The van der Waals surface area contributed by atoms with Gasteiger partial charge >= 0.3 is 0 Å². The van der Waals surface area contributed by atoms with E-state index in [0.29, 0.717) is 22.7 Å². The summed E-state index contributed by atoms with van der Waals surface area (Å²) >= 11 is 1.44. The quantitative estimate of drug-likeness (QED) is 0.260. The van der Waals surface area contributed by atoms with Crippen LogP contribution in [0.5, 0.6) is 11.5 Å². The fraction of sp³-hybridized carbons (Fsp3) is 0.103. The SMILES string of the molecule is COc1ccc(NC(=O)C(Sc2ccc(NC(=O)c3ccc(OC)cc3)cc2)c2ccccc2)cc1. The molecular formula is C29H26N2O4S. The maximum atomic E-state index is 13.3. The molecule has 0 fully saturated rings. The Morgan fingerprint density at radius 2 is 1.19 bits per heavy atom. The van der Waals surface area contributed by atoms with E-state index in [2.05, 4.69) is 10.6 Å². The van der Waals surface area contributed by atoms with E-state index in [0.717, 1.165) is 16.2 Å². The molecule has 0 radical (unpaired) electrons. The number of anilines is 2. The van der Waals surface area contributed by atoms with E-state index in [-0.39, 0.29) is 11.8 Å². The predicted molar refractivity (Wildman–Crippen MR) is 144 cm³/mol. The van der Waals surface area contributed by atoms with Crippen LogP contribution < -0.4 is 20.1 Å². The van der Waals surface area contributed by atoms with E-state index < -0.39 is 5.25 Å². The second kappa shape index (κ2) is 12.0. The van der Waals surface area contributed by atoms with Crippen LogP contribution in [0, 0.1) is 0 Å². The van der Waals surface area contributed by atoms with Crippen LogP contribution in [0.25, 0.3) is 0 Å². The second-order valence-corrected chi connectivity index (χ2v) is 9.01. The van der Waals surface area contributed by atoms with Crippen molar-refractivity contribution in [2.75, 3.05) is 24.9 Å². The van der Waals surface area contributed by atoms with Crippen LogP contribution in [0.4, 0.5) is 11.4 Å². The maximum absolute atomic E-state index is 13.3. The molecule has 0 heterocycles. The first kappa shape index (κ1) is 24.9. The number of ether oxygens (including phenoxy) is 2. The summed E-state index contributed by atoms with van der Waals surface area (Å²) in [5, 5.41) is 5.42. The number of rotatable bonds is 9. The number of hydrogen-bond donors (Lipinski definition) is 2. The van der Waals surface area contributed by atoms with Crippen molar-refractivity contribution >= 4 is 35.0 Å². The van der Waals surface area contributed by atoms with E-state index in [1.165, 1.54) is 11.8 Å². The lowest BCUT2D eigenvalue weighted by atomic mass is 10.1. The van der Waals surface area contributed by atoms with Gasteiger partial charge in [-0.25, -0.2) is 0 Å². The molecule has 2 N–H and O–H groups in total. The molecule has 6 nitrogen and oxygen atoms in total. The number of carbonyl (C=O) groups is 2. The minimum atomic E-state index is -0.465. The first-order valence-electron chi connectivity index (χ1n) is 11.3. The molecule has 4 rings (SSSR count). The number of carbonyl (C=O) groups excluding carboxylic acids is 2. The average molecular weight is 499 g/mol. The lowest BCUT2D eigenvalue weighted by molar-refractivity contribution is -0.115. The summed E-state index contributed by atoms with van der Waals surface area (Å²) in [5.41, 5.74) is 2.79. The molecule has 0 aliphatic heterocycles. The molecule has 0 spiro atoms. The van der Waals surface area contributed by atoms with Crippen molar-refractivity contribution in [1.29, 1.82) is 0 Å². The van der Waals surface area contributed by atoms with Crippen LogP contribution >= 0.6 is 11.8 Å². The molecule has 0 saturated heterocycles. The predicted octanol–water partition coefficient (Wildman–Crippen LogP) is 6.43. The lowest BCUT2D eigenvalue weighted by Crippen LogP contribution is -2.19. The molecule has 182 valence electrons. The molecule has 2 amide bonds. The van der Waals surface area contributed by atoms with Crippen molar-refractivity contribution in [2.45, 2.75) is 10.1 Å². The third-order valence-corrected chi connectivity index (χ3v) is 6.68. The largest absolute Gasteiger partial charge is 0.497 e. The van der Waals surface area contributed by atoms with E-state index in [9.17, 15) is 9.59 Å². The lowest BCUT2D eigenvalue weighted by Gasteiger charge is -2.17. The molecule has 4 aromatic rings. The molecule has 0 bridgehead atoms. The minimum absolute atomic E-state index is 0.131. The number of hydrogen-bond acceptors (Lipinski definition) is 5. The number of thioether (sulfide) groups is 1. The Kier molecular flexibility index (Phi) is 8.26. The first-order chi connectivity index (χ1) is 17.6. The van der Waals surface area contributed by atoms with Gasteiger partial charge in [-0.15, -0.1) is 11.8 Å². The summed E-state index contributed by atoms with van der Waals surface area (Å²) in [6, 6.07) is 31.2. The van der Waals surface area contributed by atoms with Crippen molar-refractivity contribution in [2.24, 2.45) is 0 Å². The van der Waals surface area contributed by atoms with E-state index in [1.807, 2.05) is 66.7 Å². The zero-order chi connectivity index (χ0) is 25.3. The highest BCUT2D eigenvalue weighted by molar-refractivity contribution is 8.00. The fourth-order valence-corrected chi connectivity index (χ4v) is 4.51. The van der Waals surface area contributed by atoms with Gasteiger partial charge in [-0.3, -0.25) is 9.59 Å². The van der Waals surface area contributed by atoms with Crippen molar-refractivity contribution in [3.05, 3.63) is 114 Å². The maximum Gasteiger partial charge on any atom is 0.255 e. The Morgan fingerprint density at radius 3 is 1.78 bits per heavy atom. The van der Waals surface area contributed by atoms with Crippen molar-refractivity contribution < 1.29 is 19.1 Å². The molecule has 0 aromatic heterocycles. The molecule has 7 heteroatoms. The molecule has 0 aliphatic rings. The fourth-order valence-electron chi connectivity index (χ4n) is 3.48. The van der Waals surface area contributed by atoms with Crippen LogP contribution in [-0.4, -0.2) is 26.0 Å². The molecule has 1 atom stereocenters. The van der Waals surface area contributed by atoms with Crippen LogP contribution in [-0.2, 0) is 4.79 Å². The van der Waals surface area contributed by atoms with E-state index >= 15 is 0 Å². The van der Waals surface area contributed by atoms with Gasteiger partial charge in [0.2, 0.25) is 5.91 Å². The van der Waals surface area contributed by atoms with Gasteiger partial charge in [-0.1, -0.05) is 30.3 Å². The third kappa shape index (κ3) is 6.46. The number of benzene rings is 4. The smallest absolute Gasteiger partial charge is 0.255 e. The highest BCUT2D eigenvalue weighted by Crippen LogP contribution is 2.37. The summed E-state index contributed by atoms with van der Waals surface area (Å²) in [5.74, 6) is 1.07. The zero-order valence-corrected chi connectivity index (χ0v) is 20.8. The van der Waals surface area contributed by atoms with Crippen LogP contribution in [0.2, 0.25) is 0 Å². The standard InChI is InChI=1S/C29H26N2O4S/c1-34-24-14-8-21(9-15-24)28(32)30-23-12-18-26(19-13-23)36-27(20-6-4-3-5-7-20)29(33)31-22-10-16-25(35-2)17-11-22/h3-19,27H,1-2H3,(H,30,32)(H,31,33). The molecule has 36 heavy (non-hydrogen) atoms. The highest BCUT2D eigenvalue weighted by atomic mass is 32.2. The highest BCUT2D eigenvalue weighted by Gasteiger charge is 2.22. The van der Waals surface area contributed by atoms with Gasteiger partial charge in [0.25, 0.3) is 5.91 Å². The van der Waals surface area contributed by atoms with Crippen LogP contribution in [0.15, 0.2) is 108 Å². The molecule has 0 aliphatic carbocycles. The average Bonchev–Trinajstić information content (AvgIpc) is 2.93. The van der Waals surface area contributed by atoms with Crippen molar-refractivity contribution in [3.8, 4) is 11.5 Å². The Hall–Kier alpha value is -4.23. The summed E-state index contributed by atoms with van der Waals surface area (Å²) in [4.78, 5) is 26.7. The summed E-state index contributed by atoms with van der Waals surface area (Å²) < 4.78 is 10.3. The molecular weight excluding hydrogens is 472 g/mol. The summed E-state index contributed by atoms with van der Waals surface area (Å²) in [6.45, 7) is 0. The van der Waals surface area contributed by atoms with Gasteiger partial charge in [0.05, 0.1) is 14.2 Å². The third-order valence-electron chi connectivity index (χ3n) is 5.42. The van der Waals surface area contributed by atoms with E-state index in [1.54, 1.807) is 50.6 Å². The van der Waals surface area contributed by atoms with Crippen molar-refractivity contribution in [1.82, 2.24) is 0 Å². The van der Waals surface area contributed by atoms with Crippen LogP contribution in [0.3, 0.4) is 0 Å². The van der Waals surface area contributed by atoms with Gasteiger partial charge in [-0.05, 0) is 78.4 Å². The Labute approximate surface area is 214 Å². The first-order valence-corrected chi connectivity index (χ1v) is 12.2. The summed E-state index contributed by atoms with van der Waals surface area (Å²) in [6.07, 6.45) is 0. The monoisotopic (exact) mass is 498 g/mol. The Bertz CT molecular complexity index is 1290. The normalized spacial score (nSPS) is 11.3. The molecule has 0 saturated carbocycles. The van der Waals surface area contributed by atoms with Crippen LogP contribution in [0.1, 0.15) is 21.2 Å². The van der Waals surface area contributed by atoms with Gasteiger partial charge in [0.1, 0.15) is 16.7 Å². The Balaban J connectivity index is 1.45. The van der Waals surface area contributed by atoms with Gasteiger partial charge < -0.3 is 20.1 Å². The van der Waals surface area contributed by atoms with Crippen molar-refractivity contribution in [3.63, 3.8) is 0 Å².